The molecule has 0 aliphatic rings. The Morgan fingerprint density at radius 1 is 1.16 bits per heavy atom. The van der Waals surface area contributed by atoms with Crippen LogP contribution in [0.4, 0.5) is 0 Å². The first-order chi connectivity index (χ1) is 15.4. The molecule has 0 spiro atoms. The van der Waals surface area contributed by atoms with Crippen molar-refractivity contribution < 1.29 is 8.42 Å². The summed E-state index contributed by atoms with van der Waals surface area (Å²) in [7, 11) is -1.91. The molecule has 32 heavy (non-hydrogen) atoms. The third-order valence-electron chi connectivity index (χ3n) is 5.82. The first kappa shape index (κ1) is 22.6. The predicted octanol–water partition coefficient (Wildman–Crippen LogP) is 5.40. The summed E-state index contributed by atoms with van der Waals surface area (Å²) in [6, 6.07) is 13.0. The van der Waals surface area contributed by atoms with Gasteiger partial charge in [0.1, 0.15) is 11.3 Å². The molecule has 4 aromatic rings. The monoisotopic (exact) mass is 468 g/mol. The molecule has 168 valence electrons. The van der Waals surface area contributed by atoms with Crippen molar-refractivity contribution in [1.29, 1.82) is 0 Å². The lowest BCUT2D eigenvalue weighted by molar-refractivity contribution is 0.354. The van der Waals surface area contributed by atoms with E-state index in [2.05, 4.69) is 21.5 Å². The van der Waals surface area contributed by atoms with E-state index in [1.807, 2.05) is 42.6 Å². The number of imidazole rings is 1. The summed E-state index contributed by atoms with van der Waals surface area (Å²) in [6.45, 7) is 4.71. The fourth-order valence-corrected chi connectivity index (χ4v) is 6.30. The lowest BCUT2D eigenvalue weighted by Crippen LogP contribution is -2.31. The molecule has 0 N–H and O–H groups in total. The summed E-state index contributed by atoms with van der Waals surface area (Å²) < 4.78 is 30.4. The van der Waals surface area contributed by atoms with Gasteiger partial charge in [-0.05, 0) is 48.6 Å². The summed E-state index contributed by atoms with van der Waals surface area (Å²) >= 11 is 1.61. The van der Waals surface area contributed by atoms with Crippen LogP contribution in [-0.4, -0.2) is 34.3 Å². The third kappa shape index (κ3) is 4.48. The number of hydrogen-bond acceptors (Lipinski definition) is 5. The van der Waals surface area contributed by atoms with Gasteiger partial charge in [-0.2, -0.15) is 4.31 Å². The van der Waals surface area contributed by atoms with E-state index in [-0.39, 0.29) is 6.04 Å². The first-order valence-electron chi connectivity index (χ1n) is 10.8. The van der Waals surface area contributed by atoms with Crippen molar-refractivity contribution in [2.75, 3.05) is 7.05 Å². The van der Waals surface area contributed by atoms with Gasteiger partial charge in [0.25, 0.3) is 0 Å². The Morgan fingerprint density at radius 3 is 2.62 bits per heavy atom. The Morgan fingerprint density at radius 2 is 1.94 bits per heavy atom. The topological polar surface area (TPSA) is 68.1 Å². The van der Waals surface area contributed by atoms with Crippen LogP contribution in [0.15, 0.2) is 65.1 Å². The first-order valence-corrected chi connectivity index (χ1v) is 13.1. The summed E-state index contributed by atoms with van der Waals surface area (Å²) in [6.07, 6.45) is 6.34. The molecule has 0 fully saturated rings. The normalized spacial score (nSPS) is 13.1. The van der Waals surface area contributed by atoms with Gasteiger partial charge in [0, 0.05) is 24.7 Å². The van der Waals surface area contributed by atoms with Gasteiger partial charge in [-0.15, -0.1) is 11.3 Å². The third-order valence-corrected chi connectivity index (χ3v) is 8.68. The van der Waals surface area contributed by atoms with Crippen molar-refractivity contribution in [2.24, 2.45) is 0 Å². The van der Waals surface area contributed by atoms with Crippen LogP contribution in [0.25, 0.3) is 11.0 Å². The zero-order valence-corrected chi connectivity index (χ0v) is 20.2. The quantitative estimate of drug-likeness (QED) is 0.330. The van der Waals surface area contributed by atoms with Crippen molar-refractivity contribution in [3.8, 4) is 0 Å². The molecule has 1 aromatic carbocycles. The molecular formula is C24H28N4O2S2. The maximum absolute atomic E-state index is 13.4. The number of sulfonamides is 1. The predicted molar refractivity (Wildman–Crippen MR) is 129 cm³/mol. The zero-order valence-electron chi connectivity index (χ0n) is 18.6. The van der Waals surface area contributed by atoms with E-state index >= 15 is 0 Å². The fraction of sp³-hybridized carbons (Fsp3) is 0.333. The molecule has 3 heterocycles. The van der Waals surface area contributed by atoms with Gasteiger partial charge in [-0.25, -0.2) is 13.4 Å². The number of aryl methyl sites for hydroxylation is 1. The Kier molecular flexibility index (Phi) is 6.74. The molecule has 0 bridgehead atoms. The number of fused-ring (bicyclic) bond motifs is 1. The highest BCUT2D eigenvalue weighted by atomic mass is 32.2. The average Bonchev–Trinajstić information content (AvgIpc) is 3.43. The number of pyridine rings is 1. The molecule has 0 saturated carbocycles. The van der Waals surface area contributed by atoms with Gasteiger partial charge in [-0.1, -0.05) is 38.0 Å². The van der Waals surface area contributed by atoms with E-state index in [1.54, 1.807) is 42.9 Å². The zero-order chi connectivity index (χ0) is 22.7. The average molecular weight is 469 g/mol. The van der Waals surface area contributed by atoms with Crippen molar-refractivity contribution in [3.63, 3.8) is 0 Å². The van der Waals surface area contributed by atoms with Crippen LogP contribution >= 0.6 is 11.3 Å². The van der Waals surface area contributed by atoms with Gasteiger partial charge >= 0.3 is 0 Å². The Labute approximate surface area is 193 Å². The number of rotatable bonds is 9. The molecule has 0 aliphatic heterocycles. The van der Waals surface area contributed by atoms with Gasteiger partial charge in [0.2, 0.25) is 10.0 Å². The molecule has 4 rings (SSSR count). The maximum Gasteiger partial charge on any atom is 0.243 e. The van der Waals surface area contributed by atoms with E-state index < -0.39 is 10.0 Å². The van der Waals surface area contributed by atoms with E-state index in [0.717, 1.165) is 46.6 Å². The Bertz CT molecular complexity index is 1280. The van der Waals surface area contributed by atoms with Crippen LogP contribution in [0, 0.1) is 6.92 Å². The SMILES string of the molecule is CCCCC(c1cccs1)N(C)S(=O)(=O)c1ccc(Cn2c(C)nc3cnccc32)cc1. The lowest BCUT2D eigenvalue weighted by atomic mass is 10.1. The number of unbranched alkanes of at least 4 members (excludes halogenated alkanes) is 1. The molecule has 8 heteroatoms. The Balaban J connectivity index is 1.57. The summed E-state index contributed by atoms with van der Waals surface area (Å²) in [4.78, 5) is 10.1. The number of thiophene rings is 1. The highest BCUT2D eigenvalue weighted by molar-refractivity contribution is 7.89. The molecule has 1 atom stereocenters. The standard InChI is InChI=1S/C24H28N4O2S2/c1-4-5-7-23(24-8-6-15-31-24)27(3)32(29,30)20-11-9-19(10-12-20)17-28-18(2)26-21-16-25-14-13-22(21)28/h6,8-16,23H,4-5,7,17H2,1-3H3. The number of hydrogen-bond donors (Lipinski definition) is 0. The van der Waals surface area contributed by atoms with Gasteiger partial charge in [-0.3, -0.25) is 4.98 Å². The minimum absolute atomic E-state index is 0.145. The molecule has 3 aromatic heterocycles. The highest BCUT2D eigenvalue weighted by Crippen LogP contribution is 2.33. The molecular weight excluding hydrogens is 440 g/mol. The van der Waals surface area contributed by atoms with Crippen LogP contribution in [0.5, 0.6) is 0 Å². The van der Waals surface area contributed by atoms with E-state index in [4.69, 9.17) is 0 Å². The largest absolute Gasteiger partial charge is 0.324 e. The van der Waals surface area contributed by atoms with Gasteiger partial charge < -0.3 is 4.57 Å². The van der Waals surface area contributed by atoms with Crippen molar-refractivity contribution in [3.05, 3.63) is 76.5 Å². The summed E-state index contributed by atoms with van der Waals surface area (Å²) in [5, 5.41) is 2.00. The van der Waals surface area contributed by atoms with Crippen LogP contribution in [0.3, 0.4) is 0 Å². The Hall–Kier alpha value is -2.55. The number of benzene rings is 1. The fourth-order valence-electron chi connectivity index (χ4n) is 3.97. The van der Waals surface area contributed by atoms with Crippen molar-refractivity contribution >= 4 is 32.4 Å². The van der Waals surface area contributed by atoms with E-state index in [0.29, 0.717) is 11.4 Å². The minimum atomic E-state index is -3.60. The number of aromatic nitrogens is 3. The van der Waals surface area contributed by atoms with Crippen molar-refractivity contribution in [1.82, 2.24) is 18.8 Å². The molecule has 0 saturated heterocycles. The van der Waals surface area contributed by atoms with Crippen molar-refractivity contribution in [2.45, 2.75) is 50.6 Å². The lowest BCUT2D eigenvalue weighted by Gasteiger charge is -2.27. The highest BCUT2D eigenvalue weighted by Gasteiger charge is 2.29. The molecule has 0 radical (unpaired) electrons. The van der Waals surface area contributed by atoms with Crippen LogP contribution < -0.4 is 0 Å². The number of nitrogens with zero attached hydrogens (tertiary/aromatic N) is 4. The smallest absolute Gasteiger partial charge is 0.243 e. The van der Waals surface area contributed by atoms with Gasteiger partial charge in [0.05, 0.1) is 22.7 Å². The second-order valence-electron chi connectivity index (χ2n) is 7.95. The summed E-state index contributed by atoms with van der Waals surface area (Å²) in [5.41, 5.74) is 2.90. The van der Waals surface area contributed by atoms with E-state index in [9.17, 15) is 8.42 Å². The minimum Gasteiger partial charge on any atom is -0.324 e. The molecule has 0 aliphatic carbocycles. The summed E-state index contributed by atoms with van der Waals surface area (Å²) in [5.74, 6) is 0.902. The maximum atomic E-state index is 13.4. The second kappa shape index (κ2) is 9.52. The molecule has 0 amide bonds. The van der Waals surface area contributed by atoms with Gasteiger partial charge in [0.15, 0.2) is 0 Å². The van der Waals surface area contributed by atoms with Crippen LogP contribution in [0.1, 0.15) is 48.5 Å². The van der Waals surface area contributed by atoms with E-state index in [1.165, 1.54) is 4.31 Å². The van der Waals surface area contributed by atoms with Crippen LogP contribution in [0.2, 0.25) is 0 Å². The molecule has 6 nitrogen and oxygen atoms in total. The second-order valence-corrected chi connectivity index (χ2v) is 10.9. The molecule has 1 unspecified atom stereocenters. The van der Waals surface area contributed by atoms with Crippen LogP contribution in [-0.2, 0) is 16.6 Å².